The van der Waals surface area contributed by atoms with Crippen LogP contribution in [0.3, 0.4) is 0 Å². The number of furan rings is 1. The van der Waals surface area contributed by atoms with Gasteiger partial charge in [0.2, 0.25) is 0 Å². The summed E-state index contributed by atoms with van der Waals surface area (Å²) >= 11 is 3.25. The Labute approximate surface area is 74.9 Å². The van der Waals surface area contributed by atoms with Crippen LogP contribution in [-0.4, -0.2) is 0 Å². The first kappa shape index (κ1) is 8.81. The van der Waals surface area contributed by atoms with Crippen molar-refractivity contribution in [2.45, 2.75) is 26.3 Å². The van der Waals surface area contributed by atoms with Gasteiger partial charge >= 0.3 is 0 Å². The lowest BCUT2D eigenvalue weighted by Crippen LogP contribution is -2.28. The fourth-order valence-corrected chi connectivity index (χ4v) is 1.59. The molecule has 0 saturated heterocycles. The maximum absolute atomic E-state index is 5.86. The zero-order valence-corrected chi connectivity index (χ0v) is 8.53. The van der Waals surface area contributed by atoms with Crippen molar-refractivity contribution in [3.8, 4) is 0 Å². The molecule has 0 radical (unpaired) electrons. The lowest BCUT2D eigenvalue weighted by Gasteiger charge is -2.15. The minimum Gasteiger partial charge on any atom is -0.452 e. The summed E-state index contributed by atoms with van der Waals surface area (Å²) in [6, 6.07) is 1.92. The maximum atomic E-state index is 5.86. The molecule has 0 saturated carbocycles. The van der Waals surface area contributed by atoms with Gasteiger partial charge in [-0.2, -0.15) is 0 Å². The predicted molar refractivity (Wildman–Crippen MR) is 48.4 cm³/mol. The van der Waals surface area contributed by atoms with E-state index in [2.05, 4.69) is 15.9 Å². The van der Waals surface area contributed by atoms with E-state index < -0.39 is 5.54 Å². The average molecular weight is 218 g/mol. The second-order valence-electron chi connectivity index (χ2n) is 3.28. The Morgan fingerprint density at radius 3 is 2.27 bits per heavy atom. The molecule has 2 N–H and O–H groups in total. The minimum absolute atomic E-state index is 0.393. The van der Waals surface area contributed by atoms with Crippen molar-refractivity contribution in [3.05, 3.63) is 22.1 Å². The molecule has 3 heteroatoms. The van der Waals surface area contributed by atoms with Crippen LogP contribution in [0.5, 0.6) is 0 Å². The van der Waals surface area contributed by atoms with Crippen molar-refractivity contribution in [3.63, 3.8) is 0 Å². The van der Waals surface area contributed by atoms with Gasteiger partial charge in [-0.1, -0.05) is 0 Å². The molecule has 0 spiro atoms. The summed E-state index contributed by atoms with van der Waals surface area (Å²) in [6.45, 7) is 5.83. The van der Waals surface area contributed by atoms with E-state index in [9.17, 15) is 0 Å². The molecular weight excluding hydrogens is 206 g/mol. The molecule has 0 aliphatic carbocycles. The van der Waals surface area contributed by atoms with Crippen LogP contribution in [0.2, 0.25) is 0 Å². The van der Waals surface area contributed by atoms with Gasteiger partial charge in [-0.15, -0.1) is 0 Å². The third kappa shape index (κ3) is 1.84. The van der Waals surface area contributed by atoms with Gasteiger partial charge in [0.05, 0.1) is 5.54 Å². The first-order valence-electron chi connectivity index (χ1n) is 3.46. The molecule has 1 rings (SSSR count). The topological polar surface area (TPSA) is 39.2 Å². The number of rotatable bonds is 1. The molecule has 0 fully saturated rings. The molecule has 0 bridgehead atoms. The Morgan fingerprint density at radius 1 is 1.55 bits per heavy atom. The quantitative estimate of drug-likeness (QED) is 0.786. The Kier molecular flexibility index (Phi) is 2.12. The third-order valence-electron chi connectivity index (χ3n) is 1.47. The molecule has 1 aromatic rings. The Morgan fingerprint density at radius 2 is 2.09 bits per heavy atom. The summed E-state index contributed by atoms with van der Waals surface area (Å²) in [5.41, 5.74) is 6.55. The van der Waals surface area contributed by atoms with E-state index >= 15 is 0 Å². The highest BCUT2D eigenvalue weighted by Crippen LogP contribution is 2.26. The Balaban J connectivity index is 3.13. The van der Waals surface area contributed by atoms with E-state index in [4.69, 9.17) is 10.2 Å². The maximum Gasteiger partial charge on any atom is 0.169 e. The van der Waals surface area contributed by atoms with Crippen LogP contribution in [0.4, 0.5) is 0 Å². The highest BCUT2D eigenvalue weighted by Gasteiger charge is 2.21. The molecule has 0 aliphatic rings. The van der Waals surface area contributed by atoms with Crippen LogP contribution in [0.1, 0.15) is 25.2 Å². The van der Waals surface area contributed by atoms with Gasteiger partial charge in [0, 0.05) is 0 Å². The van der Waals surface area contributed by atoms with E-state index in [1.165, 1.54) is 0 Å². The number of hydrogen-bond donors (Lipinski definition) is 1. The van der Waals surface area contributed by atoms with E-state index in [0.717, 1.165) is 16.0 Å². The number of hydrogen-bond acceptors (Lipinski definition) is 2. The first-order chi connectivity index (χ1) is 4.91. The van der Waals surface area contributed by atoms with Gasteiger partial charge in [-0.05, 0) is 48.3 Å². The van der Waals surface area contributed by atoms with Crippen molar-refractivity contribution < 1.29 is 4.42 Å². The van der Waals surface area contributed by atoms with Crippen molar-refractivity contribution in [1.29, 1.82) is 0 Å². The molecule has 11 heavy (non-hydrogen) atoms. The van der Waals surface area contributed by atoms with Gasteiger partial charge < -0.3 is 10.2 Å². The van der Waals surface area contributed by atoms with Crippen LogP contribution in [0, 0.1) is 6.92 Å². The predicted octanol–water partition coefficient (Wildman–Crippen LogP) is 2.54. The smallest absolute Gasteiger partial charge is 0.169 e. The largest absolute Gasteiger partial charge is 0.452 e. The highest BCUT2D eigenvalue weighted by molar-refractivity contribution is 9.10. The zero-order valence-electron chi connectivity index (χ0n) is 6.94. The second kappa shape index (κ2) is 2.64. The summed E-state index contributed by atoms with van der Waals surface area (Å²) in [5.74, 6) is 0.837. The standard InChI is InChI=1S/C8H12BrNO/c1-5-4-6(9)11-7(5)8(2,3)10/h4H,10H2,1-3H3. The molecule has 0 aliphatic heterocycles. The lowest BCUT2D eigenvalue weighted by atomic mass is 10.0. The van der Waals surface area contributed by atoms with E-state index in [1.807, 2.05) is 26.8 Å². The van der Waals surface area contributed by atoms with Gasteiger partial charge in [0.25, 0.3) is 0 Å². The monoisotopic (exact) mass is 217 g/mol. The van der Waals surface area contributed by atoms with Gasteiger partial charge in [0.1, 0.15) is 5.76 Å². The van der Waals surface area contributed by atoms with Crippen molar-refractivity contribution in [2.24, 2.45) is 5.73 Å². The normalized spacial score (nSPS) is 12.1. The first-order valence-corrected chi connectivity index (χ1v) is 4.26. The molecule has 2 nitrogen and oxygen atoms in total. The fourth-order valence-electron chi connectivity index (χ4n) is 1.08. The molecular formula is C8H12BrNO. The van der Waals surface area contributed by atoms with Crippen molar-refractivity contribution in [2.75, 3.05) is 0 Å². The van der Waals surface area contributed by atoms with Gasteiger partial charge in [-0.3, -0.25) is 0 Å². The number of halogens is 1. The number of aryl methyl sites for hydroxylation is 1. The zero-order chi connectivity index (χ0) is 8.65. The number of nitrogens with two attached hydrogens (primary N) is 1. The van der Waals surface area contributed by atoms with Crippen molar-refractivity contribution in [1.82, 2.24) is 0 Å². The van der Waals surface area contributed by atoms with Crippen molar-refractivity contribution >= 4 is 15.9 Å². The second-order valence-corrected chi connectivity index (χ2v) is 4.07. The molecule has 0 amide bonds. The summed E-state index contributed by atoms with van der Waals surface area (Å²) in [5, 5.41) is 0. The third-order valence-corrected chi connectivity index (χ3v) is 1.86. The Hall–Kier alpha value is -0.280. The molecule has 1 aromatic heterocycles. The van der Waals surface area contributed by atoms with Gasteiger partial charge in [-0.25, -0.2) is 0 Å². The molecule has 62 valence electrons. The summed E-state index contributed by atoms with van der Waals surface area (Å²) < 4.78 is 6.11. The molecule has 0 atom stereocenters. The Bertz CT molecular complexity index is 260. The SMILES string of the molecule is Cc1cc(Br)oc1C(C)(C)N. The van der Waals surface area contributed by atoms with Crippen LogP contribution in [0.15, 0.2) is 15.2 Å². The van der Waals surface area contributed by atoms with Crippen LogP contribution >= 0.6 is 15.9 Å². The van der Waals surface area contributed by atoms with Crippen LogP contribution in [0.25, 0.3) is 0 Å². The summed E-state index contributed by atoms with van der Waals surface area (Å²) in [7, 11) is 0. The van der Waals surface area contributed by atoms with E-state index in [1.54, 1.807) is 0 Å². The average Bonchev–Trinajstić information content (AvgIpc) is 2.08. The lowest BCUT2D eigenvalue weighted by molar-refractivity contribution is 0.381. The summed E-state index contributed by atoms with van der Waals surface area (Å²) in [6.07, 6.45) is 0. The van der Waals surface area contributed by atoms with E-state index in [0.29, 0.717) is 0 Å². The fraction of sp³-hybridized carbons (Fsp3) is 0.500. The summed E-state index contributed by atoms with van der Waals surface area (Å²) in [4.78, 5) is 0. The molecule has 0 unspecified atom stereocenters. The van der Waals surface area contributed by atoms with E-state index in [-0.39, 0.29) is 0 Å². The van der Waals surface area contributed by atoms with Gasteiger partial charge in [0.15, 0.2) is 4.67 Å². The molecule has 1 heterocycles. The van der Waals surface area contributed by atoms with Crippen LogP contribution in [-0.2, 0) is 5.54 Å². The highest BCUT2D eigenvalue weighted by atomic mass is 79.9. The minimum atomic E-state index is -0.393. The molecule has 0 aromatic carbocycles. The van der Waals surface area contributed by atoms with Crippen LogP contribution < -0.4 is 5.73 Å².